The number of aromatic hydroxyl groups is 1. The fraction of sp³-hybridized carbons (Fsp3) is 0.0417. The highest BCUT2D eigenvalue weighted by molar-refractivity contribution is 6.30. The van der Waals surface area contributed by atoms with Gasteiger partial charge in [-0.1, -0.05) is 23.7 Å². The average molecular weight is 435 g/mol. The normalized spacial score (nSPS) is 11.5. The maximum absolute atomic E-state index is 13.7. The molecule has 0 saturated heterocycles. The Morgan fingerprint density at radius 3 is 2.52 bits per heavy atom. The van der Waals surface area contributed by atoms with E-state index in [1.807, 2.05) is 12.1 Å². The van der Waals surface area contributed by atoms with Gasteiger partial charge in [-0.25, -0.2) is 14.1 Å². The van der Waals surface area contributed by atoms with Gasteiger partial charge >= 0.3 is 6.09 Å². The van der Waals surface area contributed by atoms with Crippen LogP contribution in [0, 0.1) is 12.7 Å². The number of hydrogen-bond donors (Lipinski definition) is 3. The van der Waals surface area contributed by atoms with Crippen LogP contribution < -0.4 is 4.90 Å². The number of H-pyrrole nitrogens is 1. The molecule has 0 aliphatic carbocycles. The maximum atomic E-state index is 13.7. The lowest BCUT2D eigenvalue weighted by molar-refractivity contribution is 0.204. The smallest absolute Gasteiger partial charge is 0.416 e. The molecule has 0 atom stereocenters. The number of carboxylic acid groups (broad SMARTS) is 1. The fourth-order valence-corrected chi connectivity index (χ4v) is 4.30. The minimum atomic E-state index is -1.23. The third-order valence-electron chi connectivity index (χ3n) is 5.48. The molecule has 0 spiro atoms. The van der Waals surface area contributed by atoms with Gasteiger partial charge in [0.1, 0.15) is 11.6 Å². The summed E-state index contributed by atoms with van der Waals surface area (Å²) in [5.74, 6) is -0.524. The lowest BCUT2D eigenvalue weighted by Gasteiger charge is -2.23. The quantitative estimate of drug-likeness (QED) is 0.277. The van der Waals surface area contributed by atoms with Gasteiger partial charge in [-0.3, -0.25) is 0 Å². The van der Waals surface area contributed by atoms with Gasteiger partial charge in [0.25, 0.3) is 0 Å². The van der Waals surface area contributed by atoms with Crippen LogP contribution in [-0.4, -0.2) is 21.3 Å². The van der Waals surface area contributed by atoms with Crippen molar-refractivity contribution < 1.29 is 19.4 Å². The lowest BCUT2D eigenvalue weighted by atomic mass is 10.0. The van der Waals surface area contributed by atoms with Crippen molar-refractivity contribution in [2.45, 2.75) is 6.92 Å². The van der Waals surface area contributed by atoms with E-state index in [-0.39, 0.29) is 17.3 Å². The number of hydrogen-bond acceptors (Lipinski definition) is 2. The van der Waals surface area contributed by atoms with Crippen LogP contribution in [0.25, 0.3) is 32.6 Å². The van der Waals surface area contributed by atoms with Crippen molar-refractivity contribution in [3.05, 3.63) is 77.1 Å². The first-order valence-electron chi connectivity index (χ1n) is 9.49. The largest absolute Gasteiger partial charge is 0.506 e. The number of amides is 1. The molecule has 5 nitrogen and oxygen atoms in total. The Bertz CT molecular complexity index is 1530. The summed E-state index contributed by atoms with van der Waals surface area (Å²) in [6, 6.07) is 16.2. The summed E-state index contributed by atoms with van der Waals surface area (Å²) < 4.78 is 13.7. The van der Waals surface area contributed by atoms with Crippen molar-refractivity contribution in [2.75, 3.05) is 4.90 Å². The molecular formula is C24H16ClFN2O3. The van der Waals surface area contributed by atoms with Gasteiger partial charge in [-0.05, 0) is 66.4 Å². The van der Waals surface area contributed by atoms with Crippen molar-refractivity contribution in [2.24, 2.45) is 0 Å². The van der Waals surface area contributed by atoms with Gasteiger partial charge in [-0.2, -0.15) is 0 Å². The molecular weight excluding hydrogens is 419 g/mol. The summed E-state index contributed by atoms with van der Waals surface area (Å²) in [5, 5.41) is 24.2. The molecule has 5 aromatic rings. The van der Waals surface area contributed by atoms with E-state index in [1.54, 1.807) is 37.3 Å². The second-order valence-electron chi connectivity index (χ2n) is 7.41. The molecule has 0 radical (unpaired) electrons. The molecule has 0 aliphatic heterocycles. The van der Waals surface area contributed by atoms with Crippen molar-refractivity contribution in [1.29, 1.82) is 0 Å². The standard InChI is InChI=1S/C24H16ClFN2O3/c1-12-8-14(25)3-7-20(12)28(24(30)31)21-9-13-2-5-16-18-10-15(26)4-6-19(18)27-23(16)17(13)11-22(21)29/h2-11,27,29H,1H3,(H,30,31). The topological polar surface area (TPSA) is 76.6 Å². The first-order valence-corrected chi connectivity index (χ1v) is 9.87. The number of nitrogens with zero attached hydrogens (tertiary/aromatic N) is 1. The Balaban J connectivity index is 1.76. The molecule has 1 heterocycles. The van der Waals surface area contributed by atoms with Crippen LogP contribution in [-0.2, 0) is 0 Å². The van der Waals surface area contributed by atoms with Gasteiger partial charge in [0.05, 0.1) is 16.9 Å². The molecule has 7 heteroatoms. The van der Waals surface area contributed by atoms with E-state index in [4.69, 9.17) is 11.6 Å². The molecule has 5 rings (SSSR count). The van der Waals surface area contributed by atoms with Gasteiger partial charge in [0.2, 0.25) is 0 Å². The molecule has 0 bridgehead atoms. The summed E-state index contributed by atoms with van der Waals surface area (Å²) in [6.07, 6.45) is -1.23. The van der Waals surface area contributed by atoms with E-state index in [0.717, 1.165) is 32.1 Å². The summed E-state index contributed by atoms with van der Waals surface area (Å²) in [7, 11) is 0. The van der Waals surface area contributed by atoms with Crippen LogP contribution >= 0.6 is 11.6 Å². The SMILES string of the molecule is Cc1cc(Cl)ccc1N(C(=O)O)c1cc2ccc3c4cc(F)ccc4[nH]c3c2cc1O. The first kappa shape index (κ1) is 19.2. The molecule has 3 N–H and O–H groups in total. The van der Waals surface area contributed by atoms with Crippen LogP contribution in [0.5, 0.6) is 5.75 Å². The molecule has 0 fully saturated rings. The van der Waals surface area contributed by atoms with E-state index >= 15 is 0 Å². The van der Waals surface area contributed by atoms with Crippen molar-refractivity contribution in [1.82, 2.24) is 4.98 Å². The number of rotatable bonds is 2. The number of carbonyl (C=O) groups is 1. The molecule has 1 amide bonds. The summed E-state index contributed by atoms with van der Waals surface area (Å²) in [5.41, 5.74) is 2.70. The van der Waals surface area contributed by atoms with E-state index in [9.17, 15) is 19.4 Å². The number of anilines is 2. The van der Waals surface area contributed by atoms with Gasteiger partial charge < -0.3 is 15.2 Å². The third-order valence-corrected chi connectivity index (χ3v) is 5.71. The highest BCUT2D eigenvalue weighted by Crippen LogP contribution is 2.41. The number of benzene rings is 4. The monoisotopic (exact) mass is 434 g/mol. The average Bonchev–Trinajstić information content (AvgIpc) is 3.08. The van der Waals surface area contributed by atoms with Crippen LogP contribution in [0.4, 0.5) is 20.6 Å². The number of phenolic OH excluding ortho intramolecular Hbond substituents is 1. The summed E-state index contributed by atoms with van der Waals surface area (Å²) in [4.78, 5) is 16.4. The maximum Gasteiger partial charge on any atom is 0.416 e. The van der Waals surface area contributed by atoms with Gasteiger partial charge in [0.15, 0.2) is 0 Å². The van der Waals surface area contributed by atoms with E-state index < -0.39 is 6.09 Å². The van der Waals surface area contributed by atoms with Crippen molar-refractivity contribution >= 4 is 61.6 Å². The molecule has 1 aromatic heterocycles. The third kappa shape index (κ3) is 3.04. The second kappa shape index (κ2) is 6.89. The number of halogens is 2. The lowest BCUT2D eigenvalue weighted by Crippen LogP contribution is -2.24. The number of phenols is 1. The number of fused-ring (bicyclic) bond motifs is 5. The zero-order valence-electron chi connectivity index (χ0n) is 16.3. The van der Waals surface area contributed by atoms with E-state index in [2.05, 4.69) is 4.98 Å². The zero-order valence-corrected chi connectivity index (χ0v) is 17.0. The van der Waals surface area contributed by atoms with Crippen molar-refractivity contribution in [3.63, 3.8) is 0 Å². The molecule has 154 valence electrons. The van der Waals surface area contributed by atoms with E-state index in [1.165, 1.54) is 18.2 Å². The van der Waals surface area contributed by atoms with E-state index in [0.29, 0.717) is 21.7 Å². The van der Waals surface area contributed by atoms with Crippen LogP contribution in [0.3, 0.4) is 0 Å². The van der Waals surface area contributed by atoms with Crippen LogP contribution in [0.2, 0.25) is 5.02 Å². The first-order chi connectivity index (χ1) is 14.8. The molecule has 31 heavy (non-hydrogen) atoms. The number of nitrogens with one attached hydrogen (secondary N) is 1. The predicted molar refractivity (Wildman–Crippen MR) is 121 cm³/mol. The number of aryl methyl sites for hydroxylation is 1. The minimum absolute atomic E-state index is 0.131. The highest BCUT2D eigenvalue weighted by atomic mass is 35.5. The Morgan fingerprint density at radius 2 is 1.77 bits per heavy atom. The summed E-state index contributed by atoms with van der Waals surface area (Å²) in [6.45, 7) is 1.75. The molecule has 0 unspecified atom stereocenters. The Hall–Kier alpha value is -3.77. The van der Waals surface area contributed by atoms with Gasteiger partial charge in [-0.15, -0.1) is 0 Å². The zero-order chi connectivity index (χ0) is 21.9. The fourth-order valence-electron chi connectivity index (χ4n) is 4.08. The van der Waals surface area contributed by atoms with Gasteiger partial charge in [0, 0.05) is 26.7 Å². The highest BCUT2D eigenvalue weighted by Gasteiger charge is 2.23. The van der Waals surface area contributed by atoms with Crippen LogP contribution in [0.15, 0.2) is 60.7 Å². The Labute approximate surface area is 180 Å². The second-order valence-corrected chi connectivity index (χ2v) is 7.85. The summed E-state index contributed by atoms with van der Waals surface area (Å²) >= 11 is 6.01. The minimum Gasteiger partial charge on any atom is -0.506 e. The Morgan fingerprint density at radius 1 is 0.968 bits per heavy atom. The molecule has 0 saturated carbocycles. The molecule has 4 aromatic carbocycles. The number of aromatic amines is 1. The predicted octanol–water partition coefficient (Wildman–Crippen LogP) is 7.10. The molecule has 0 aliphatic rings. The number of aromatic nitrogens is 1. The van der Waals surface area contributed by atoms with Crippen LogP contribution in [0.1, 0.15) is 5.56 Å². The Kier molecular flexibility index (Phi) is 4.27. The van der Waals surface area contributed by atoms with Crippen molar-refractivity contribution in [3.8, 4) is 5.75 Å².